The number of aliphatic hydroxyl groups is 1. The molecule has 3 heterocycles. The maximum Gasteiger partial charge on any atom is 0.224 e. The van der Waals surface area contributed by atoms with Crippen molar-refractivity contribution in [3.63, 3.8) is 0 Å². The minimum absolute atomic E-state index is 0.123. The summed E-state index contributed by atoms with van der Waals surface area (Å²) in [6, 6.07) is 0. The minimum atomic E-state index is -1.22. The number of hydrogen-bond acceptors (Lipinski definition) is 7. The van der Waals surface area contributed by atoms with Gasteiger partial charge in [0.2, 0.25) is 5.95 Å². The fourth-order valence-corrected chi connectivity index (χ4v) is 2.57. The molecule has 3 atom stereocenters. The Labute approximate surface area is 126 Å². The van der Waals surface area contributed by atoms with Crippen molar-refractivity contribution in [2.45, 2.75) is 31.8 Å². The average molecular weight is 310 g/mol. The normalized spacial score (nSPS) is 25.0. The number of halogens is 1. The number of nitrogen functional groups attached to an aromatic ring is 1. The SMILES string of the molecule is CCN(C)c1nc(N)nc2c1ncn2[C@H]1C[C@H](F)[C@@H](CO)O1. The van der Waals surface area contributed by atoms with Crippen molar-refractivity contribution >= 4 is 22.9 Å². The van der Waals surface area contributed by atoms with E-state index >= 15 is 0 Å². The van der Waals surface area contributed by atoms with Crippen LogP contribution >= 0.6 is 0 Å². The molecule has 3 N–H and O–H groups in total. The number of hydrogen-bond donors (Lipinski definition) is 2. The molecular formula is C13H19FN6O2. The number of anilines is 2. The van der Waals surface area contributed by atoms with Gasteiger partial charge in [-0.3, -0.25) is 4.57 Å². The largest absolute Gasteiger partial charge is 0.394 e. The van der Waals surface area contributed by atoms with Crippen molar-refractivity contribution in [2.24, 2.45) is 0 Å². The molecule has 1 aliphatic heterocycles. The molecule has 8 nitrogen and oxygen atoms in total. The third kappa shape index (κ3) is 2.35. The van der Waals surface area contributed by atoms with Crippen LogP contribution in [0.5, 0.6) is 0 Å². The first-order valence-corrected chi connectivity index (χ1v) is 7.16. The zero-order valence-electron chi connectivity index (χ0n) is 12.5. The lowest BCUT2D eigenvalue weighted by molar-refractivity contribution is -0.0323. The molecule has 0 amide bonds. The van der Waals surface area contributed by atoms with E-state index in [0.29, 0.717) is 17.0 Å². The highest BCUT2D eigenvalue weighted by Gasteiger charge is 2.37. The van der Waals surface area contributed by atoms with Crippen LogP contribution in [0.3, 0.4) is 0 Å². The van der Waals surface area contributed by atoms with Crippen LogP contribution in [-0.2, 0) is 4.74 Å². The van der Waals surface area contributed by atoms with Gasteiger partial charge in [0, 0.05) is 20.0 Å². The predicted octanol–water partition coefficient (Wildman–Crippen LogP) is 0.482. The second kappa shape index (κ2) is 5.65. The van der Waals surface area contributed by atoms with E-state index in [2.05, 4.69) is 15.0 Å². The van der Waals surface area contributed by atoms with E-state index in [-0.39, 0.29) is 19.0 Å². The highest BCUT2D eigenvalue weighted by atomic mass is 19.1. The zero-order chi connectivity index (χ0) is 15.9. The second-order valence-corrected chi connectivity index (χ2v) is 5.31. The maximum atomic E-state index is 13.8. The van der Waals surface area contributed by atoms with E-state index in [1.807, 2.05) is 18.9 Å². The van der Waals surface area contributed by atoms with Crippen LogP contribution in [0.1, 0.15) is 19.6 Å². The lowest BCUT2D eigenvalue weighted by atomic mass is 10.2. The zero-order valence-corrected chi connectivity index (χ0v) is 12.5. The molecule has 0 saturated carbocycles. The summed E-state index contributed by atoms with van der Waals surface area (Å²) in [5.74, 6) is 0.746. The number of aromatic nitrogens is 4. The molecule has 1 fully saturated rings. The van der Waals surface area contributed by atoms with E-state index in [1.54, 1.807) is 10.9 Å². The van der Waals surface area contributed by atoms with Gasteiger partial charge in [0.25, 0.3) is 0 Å². The molecule has 0 aromatic carbocycles. The molecule has 1 saturated heterocycles. The number of fused-ring (bicyclic) bond motifs is 1. The van der Waals surface area contributed by atoms with E-state index in [1.165, 1.54) is 0 Å². The highest BCUT2D eigenvalue weighted by Crippen LogP contribution is 2.33. The fraction of sp³-hybridized carbons (Fsp3) is 0.615. The molecule has 120 valence electrons. The summed E-state index contributed by atoms with van der Waals surface area (Å²) >= 11 is 0. The Morgan fingerprint density at radius 1 is 1.55 bits per heavy atom. The van der Waals surface area contributed by atoms with Crippen LogP contribution < -0.4 is 10.6 Å². The van der Waals surface area contributed by atoms with E-state index in [9.17, 15) is 4.39 Å². The summed E-state index contributed by atoms with van der Waals surface area (Å²) < 4.78 is 21.0. The molecule has 3 rings (SSSR count). The Balaban J connectivity index is 2.04. The lowest BCUT2D eigenvalue weighted by Crippen LogP contribution is -2.21. The van der Waals surface area contributed by atoms with Gasteiger partial charge in [-0.15, -0.1) is 0 Å². The predicted molar refractivity (Wildman–Crippen MR) is 79.2 cm³/mol. The maximum absolute atomic E-state index is 13.8. The Morgan fingerprint density at radius 3 is 2.95 bits per heavy atom. The van der Waals surface area contributed by atoms with Gasteiger partial charge < -0.3 is 20.5 Å². The molecule has 2 aromatic rings. The van der Waals surface area contributed by atoms with Crippen LogP contribution in [0.25, 0.3) is 11.2 Å². The lowest BCUT2D eigenvalue weighted by Gasteiger charge is -2.17. The Kier molecular flexibility index (Phi) is 3.83. The number of nitrogens with zero attached hydrogens (tertiary/aromatic N) is 5. The van der Waals surface area contributed by atoms with Gasteiger partial charge in [-0.05, 0) is 6.92 Å². The molecule has 0 radical (unpaired) electrons. The quantitative estimate of drug-likeness (QED) is 0.847. The minimum Gasteiger partial charge on any atom is -0.394 e. The summed E-state index contributed by atoms with van der Waals surface area (Å²) in [7, 11) is 1.88. The van der Waals surface area contributed by atoms with Crippen molar-refractivity contribution in [3.05, 3.63) is 6.33 Å². The molecule has 0 spiro atoms. The first-order chi connectivity index (χ1) is 10.5. The van der Waals surface area contributed by atoms with Crippen LogP contribution in [0.15, 0.2) is 6.33 Å². The number of ether oxygens (including phenoxy) is 1. The molecular weight excluding hydrogens is 291 g/mol. The Morgan fingerprint density at radius 2 is 2.32 bits per heavy atom. The van der Waals surface area contributed by atoms with Crippen molar-refractivity contribution in [1.29, 1.82) is 0 Å². The molecule has 0 bridgehead atoms. The first-order valence-electron chi connectivity index (χ1n) is 7.16. The number of aliphatic hydroxyl groups excluding tert-OH is 1. The van der Waals surface area contributed by atoms with Gasteiger partial charge in [0.1, 0.15) is 18.5 Å². The van der Waals surface area contributed by atoms with Gasteiger partial charge in [-0.25, -0.2) is 9.37 Å². The van der Waals surface area contributed by atoms with Crippen molar-refractivity contribution in [2.75, 3.05) is 30.8 Å². The van der Waals surface area contributed by atoms with Gasteiger partial charge in [-0.1, -0.05) is 0 Å². The van der Waals surface area contributed by atoms with Crippen LogP contribution in [-0.4, -0.2) is 57.1 Å². The second-order valence-electron chi connectivity index (χ2n) is 5.31. The molecule has 1 aliphatic rings. The van der Waals surface area contributed by atoms with E-state index in [0.717, 1.165) is 6.54 Å². The summed E-state index contributed by atoms with van der Waals surface area (Å²) in [4.78, 5) is 14.7. The number of alkyl halides is 1. The van der Waals surface area contributed by atoms with Crippen molar-refractivity contribution < 1.29 is 14.2 Å². The van der Waals surface area contributed by atoms with Crippen LogP contribution in [0.4, 0.5) is 16.2 Å². The van der Waals surface area contributed by atoms with Crippen molar-refractivity contribution in [3.8, 4) is 0 Å². The van der Waals surface area contributed by atoms with Crippen LogP contribution in [0.2, 0.25) is 0 Å². The summed E-state index contributed by atoms with van der Waals surface area (Å²) in [6.07, 6.45) is -0.919. The number of rotatable bonds is 4. The first kappa shape index (κ1) is 14.9. The topological polar surface area (TPSA) is 102 Å². The Hall–Kier alpha value is -2.00. The van der Waals surface area contributed by atoms with E-state index in [4.69, 9.17) is 15.6 Å². The standard InChI is InChI=1S/C13H19FN6O2/c1-3-19(2)11-10-12(18-13(15)17-11)20(6-16-10)9-4-7(14)8(5-21)22-9/h6-9,21H,3-5H2,1-2H3,(H2,15,17,18)/t7-,8+,9+/m0/s1. The molecule has 22 heavy (non-hydrogen) atoms. The molecule has 2 aromatic heterocycles. The fourth-order valence-electron chi connectivity index (χ4n) is 2.57. The van der Waals surface area contributed by atoms with Gasteiger partial charge in [0.05, 0.1) is 12.9 Å². The third-order valence-corrected chi connectivity index (χ3v) is 3.91. The number of nitrogens with two attached hydrogens (primary N) is 1. The van der Waals surface area contributed by atoms with Gasteiger partial charge >= 0.3 is 0 Å². The third-order valence-electron chi connectivity index (χ3n) is 3.91. The van der Waals surface area contributed by atoms with Gasteiger partial charge in [0.15, 0.2) is 17.0 Å². The molecule has 0 aliphatic carbocycles. The summed E-state index contributed by atoms with van der Waals surface area (Å²) in [6.45, 7) is 2.36. The Bertz CT molecular complexity index is 678. The monoisotopic (exact) mass is 310 g/mol. The smallest absolute Gasteiger partial charge is 0.224 e. The van der Waals surface area contributed by atoms with Crippen molar-refractivity contribution in [1.82, 2.24) is 19.5 Å². The molecule has 0 unspecified atom stereocenters. The number of imidazole rings is 1. The van der Waals surface area contributed by atoms with Gasteiger partial charge in [-0.2, -0.15) is 9.97 Å². The summed E-state index contributed by atoms with van der Waals surface area (Å²) in [5, 5.41) is 9.12. The highest BCUT2D eigenvalue weighted by molar-refractivity contribution is 5.84. The van der Waals surface area contributed by atoms with Crippen LogP contribution in [0, 0.1) is 0 Å². The average Bonchev–Trinajstić information content (AvgIpc) is 3.08. The molecule has 9 heteroatoms. The summed E-state index contributed by atoms with van der Waals surface area (Å²) in [5.41, 5.74) is 6.87. The van der Waals surface area contributed by atoms with E-state index < -0.39 is 18.5 Å².